The number of rotatable bonds is 4. The van der Waals surface area contributed by atoms with Crippen molar-refractivity contribution in [3.8, 4) is 0 Å². The van der Waals surface area contributed by atoms with E-state index in [2.05, 4.69) is 15.4 Å². The highest BCUT2D eigenvalue weighted by atomic mass is 16.1. The first-order valence-corrected chi connectivity index (χ1v) is 5.10. The second kappa shape index (κ2) is 4.26. The third kappa shape index (κ3) is 2.16. The van der Waals surface area contributed by atoms with Gasteiger partial charge in [0.25, 0.3) is 0 Å². The van der Waals surface area contributed by atoms with E-state index in [0.29, 0.717) is 12.1 Å². The van der Waals surface area contributed by atoms with Gasteiger partial charge in [-0.25, -0.2) is 0 Å². The highest BCUT2D eigenvalue weighted by molar-refractivity contribution is 5.95. The average Bonchev–Trinajstić information content (AvgIpc) is 2.87. The molecule has 2 heterocycles. The molecular formula is C10H13N5O. The van der Waals surface area contributed by atoms with Crippen LogP contribution in [0.5, 0.6) is 0 Å². The van der Waals surface area contributed by atoms with Crippen LogP contribution in [-0.2, 0) is 20.0 Å². The van der Waals surface area contributed by atoms with Gasteiger partial charge >= 0.3 is 0 Å². The quantitative estimate of drug-likeness (QED) is 0.700. The van der Waals surface area contributed by atoms with E-state index in [1.54, 1.807) is 24.1 Å². The van der Waals surface area contributed by atoms with E-state index in [-0.39, 0.29) is 5.78 Å². The molecule has 0 aliphatic carbocycles. The minimum Gasteiger partial charge on any atom is -0.292 e. The van der Waals surface area contributed by atoms with Crippen molar-refractivity contribution >= 4 is 5.78 Å². The summed E-state index contributed by atoms with van der Waals surface area (Å²) in [6, 6.07) is 0. The molecular weight excluding hydrogens is 206 g/mol. The van der Waals surface area contributed by atoms with Crippen LogP contribution in [0.1, 0.15) is 23.0 Å². The summed E-state index contributed by atoms with van der Waals surface area (Å²) >= 11 is 0. The Labute approximate surface area is 92.9 Å². The molecule has 0 fully saturated rings. The first-order valence-electron chi connectivity index (χ1n) is 5.10. The lowest BCUT2D eigenvalue weighted by Gasteiger charge is -1.93. The summed E-state index contributed by atoms with van der Waals surface area (Å²) < 4.78 is 3.31. The number of hydrogen-bond acceptors (Lipinski definition) is 4. The smallest absolute Gasteiger partial charge is 0.189 e. The van der Waals surface area contributed by atoms with Gasteiger partial charge < -0.3 is 0 Å². The molecule has 0 radical (unpaired) electrons. The molecule has 0 unspecified atom stereocenters. The number of ketones is 1. The van der Waals surface area contributed by atoms with Crippen LogP contribution in [0.2, 0.25) is 0 Å². The summed E-state index contributed by atoms with van der Waals surface area (Å²) in [7, 11) is 1.74. The highest BCUT2D eigenvalue weighted by Gasteiger charge is 2.11. The van der Waals surface area contributed by atoms with E-state index in [9.17, 15) is 4.79 Å². The Hall–Kier alpha value is -1.98. The van der Waals surface area contributed by atoms with E-state index in [1.807, 2.05) is 13.1 Å². The molecule has 2 aromatic heterocycles. The SMILES string of the molecule is CCn1cc(CC(=O)c2cn(C)nn2)cn1. The predicted molar refractivity (Wildman–Crippen MR) is 56.9 cm³/mol. The summed E-state index contributed by atoms with van der Waals surface area (Å²) in [5, 5.41) is 11.6. The topological polar surface area (TPSA) is 65.6 Å². The van der Waals surface area contributed by atoms with Gasteiger partial charge in [-0.15, -0.1) is 5.10 Å². The van der Waals surface area contributed by atoms with Crippen LogP contribution in [0, 0.1) is 0 Å². The number of carbonyl (C=O) groups is 1. The number of carbonyl (C=O) groups excluding carboxylic acids is 1. The third-order valence-electron chi connectivity index (χ3n) is 2.26. The van der Waals surface area contributed by atoms with Crippen molar-refractivity contribution in [2.75, 3.05) is 0 Å². The van der Waals surface area contributed by atoms with E-state index < -0.39 is 0 Å². The number of Topliss-reactive ketones (excluding diaryl/α,β-unsaturated/α-hetero) is 1. The average molecular weight is 219 g/mol. The molecule has 6 heteroatoms. The van der Waals surface area contributed by atoms with Crippen LogP contribution >= 0.6 is 0 Å². The molecule has 0 spiro atoms. The largest absolute Gasteiger partial charge is 0.292 e. The van der Waals surface area contributed by atoms with Crippen LogP contribution in [0.3, 0.4) is 0 Å². The van der Waals surface area contributed by atoms with Crippen molar-refractivity contribution in [1.29, 1.82) is 0 Å². The molecule has 2 aromatic rings. The van der Waals surface area contributed by atoms with Gasteiger partial charge in [-0.3, -0.25) is 14.2 Å². The van der Waals surface area contributed by atoms with E-state index in [1.165, 1.54) is 4.68 Å². The second-order valence-electron chi connectivity index (χ2n) is 3.58. The number of aromatic nitrogens is 5. The lowest BCUT2D eigenvalue weighted by Crippen LogP contribution is -2.03. The van der Waals surface area contributed by atoms with Crippen LogP contribution in [0.25, 0.3) is 0 Å². The molecule has 0 aliphatic heterocycles. The lowest BCUT2D eigenvalue weighted by molar-refractivity contribution is 0.0988. The van der Waals surface area contributed by atoms with Crippen LogP contribution in [-0.4, -0.2) is 30.6 Å². The zero-order valence-corrected chi connectivity index (χ0v) is 9.29. The fraction of sp³-hybridized carbons (Fsp3) is 0.400. The Balaban J connectivity index is 2.07. The van der Waals surface area contributed by atoms with Crippen LogP contribution in [0.4, 0.5) is 0 Å². The fourth-order valence-corrected chi connectivity index (χ4v) is 1.42. The van der Waals surface area contributed by atoms with E-state index in [4.69, 9.17) is 0 Å². The van der Waals surface area contributed by atoms with Gasteiger partial charge in [0.1, 0.15) is 5.69 Å². The molecule has 6 nitrogen and oxygen atoms in total. The molecule has 0 saturated heterocycles. The summed E-state index contributed by atoms with van der Waals surface area (Å²) in [6.07, 6.45) is 5.51. The van der Waals surface area contributed by atoms with Gasteiger partial charge in [0.05, 0.1) is 12.4 Å². The Morgan fingerprint density at radius 2 is 2.25 bits per heavy atom. The minimum atomic E-state index is -0.0382. The molecule has 0 aliphatic rings. The normalized spacial score (nSPS) is 10.6. The molecule has 84 valence electrons. The summed E-state index contributed by atoms with van der Waals surface area (Å²) in [4.78, 5) is 11.8. The Kier molecular flexibility index (Phi) is 2.80. The van der Waals surface area contributed by atoms with Crippen molar-refractivity contribution in [3.63, 3.8) is 0 Å². The van der Waals surface area contributed by atoms with Crippen LogP contribution < -0.4 is 0 Å². The van der Waals surface area contributed by atoms with Gasteiger partial charge in [0.2, 0.25) is 0 Å². The first-order chi connectivity index (χ1) is 7.69. The molecule has 0 saturated carbocycles. The number of aryl methyl sites for hydroxylation is 2. The summed E-state index contributed by atoms with van der Waals surface area (Å²) in [5.41, 5.74) is 1.30. The summed E-state index contributed by atoms with van der Waals surface area (Å²) in [5.74, 6) is -0.0382. The molecule has 0 aromatic carbocycles. The molecule has 2 rings (SSSR count). The lowest BCUT2D eigenvalue weighted by atomic mass is 10.1. The molecule has 0 N–H and O–H groups in total. The van der Waals surface area contributed by atoms with E-state index in [0.717, 1.165) is 12.1 Å². The fourth-order valence-electron chi connectivity index (χ4n) is 1.42. The number of nitrogens with zero attached hydrogens (tertiary/aromatic N) is 5. The number of hydrogen-bond donors (Lipinski definition) is 0. The van der Waals surface area contributed by atoms with Crippen molar-refractivity contribution in [3.05, 3.63) is 29.8 Å². The van der Waals surface area contributed by atoms with Gasteiger partial charge in [-0.2, -0.15) is 5.10 Å². The Morgan fingerprint density at radius 1 is 1.44 bits per heavy atom. The van der Waals surface area contributed by atoms with Crippen LogP contribution in [0.15, 0.2) is 18.6 Å². The van der Waals surface area contributed by atoms with Gasteiger partial charge in [-0.05, 0) is 12.5 Å². The first kappa shape index (κ1) is 10.5. The second-order valence-corrected chi connectivity index (χ2v) is 3.58. The molecule has 0 bridgehead atoms. The third-order valence-corrected chi connectivity index (χ3v) is 2.26. The Morgan fingerprint density at radius 3 is 2.81 bits per heavy atom. The molecule has 16 heavy (non-hydrogen) atoms. The maximum Gasteiger partial charge on any atom is 0.189 e. The highest BCUT2D eigenvalue weighted by Crippen LogP contribution is 2.04. The van der Waals surface area contributed by atoms with E-state index >= 15 is 0 Å². The van der Waals surface area contributed by atoms with Crippen molar-refractivity contribution in [2.45, 2.75) is 19.9 Å². The van der Waals surface area contributed by atoms with Gasteiger partial charge in [0.15, 0.2) is 5.78 Å². The maximum atomic E-state index is 11.8. The predicted octanol–water partition coefficient (Wildman–Crippen LogP) is 0.457. The van der Waals surface area contributed by atoms with Gasteiger partial charge in [-0.1, -0.05) is 5.21 Å². The van der Waals surface area contributed by atoms with Crippen molar-refractivity contribution in [1.82, 2.24) is 24.8 Å². The van der Waals surface area contributed by atoms with Crippen molar-refractivity contribution in [2.24, 2.45) is 7.05 Å². The zero-order chi connectivity index (χ0) is 11.5. The minimum absolute atomic E-state index is 0.0382. The standard InChI is InChI=1S/C10H13N5O/c1-3-15-6-8(5-11-15)4-10(16)9-7-14(2)13-12-9/h5-7H,3-4H2,1-2H3. The Bertz CT molecular complexity index is 499. The molecule has 0 amide bonds. The summed E-state index contributed by atoms with van der Waals surface area (Å²) in [6.45, 7) is 2.81. The van der Waals surface area contributed by atoms with Crippen molar-refractivity contribution < 1.29 is 4.79 Å². The van der Waals surface area contributed by atoms with Gasteiger partial charge in [0, 0.05) is 26.2 Å². The molecule has 0 atom stereocenters. The zero-order valence-electron chi connectivity index (χ0n) is 9.29. The maximum absolute atomic E-state index is 11.8. The monoisotopic (exact) mass is 219 g/mol.